The van der Waals surface area contributed by atoms with E-state index in [9.17, 15) is 0 Å². The minimum atomic E-state index is 0.289. The SMILES string of the molecule is Cc1nn(C)cc1-c1ccc(OC2C[C@H]3CNC[C@H]3C2)nn1. The van der Waals surface area contributed by atoms with Crippen LogP contribution in [-0.4, -0.2) is 39.2 Å². The minimum absolute atomic E-state index is 0.289. The van der Waals surface area contributed by atoms with Crippen molar-refractivity contribution in [2.75, 3.05) is 13.1 Å². The summed E-state index contributed by atoms with van der Waals surface area (Å²) in [6, 6.07) is 3.88. The molecule has 1 aliphatic heterocycles. The lowest BCUT2D eigenvalue weighted by Gasteiger charge is -2.13. The number of aryl methyl sites for hydroxylation is 2. The minimum Gasteiger partial charge on any atom is -0.473 e. The Morgan fingerprint density at radius 3 is 2.55 bits per heavy atom. The number of nitrogens with zero attached hydrogens (tertiary/aromatic N) is 4. The van der Waals surface area contributed by atoms with E-state index in [0.717, 1.165) is 54.7 Å². The number of ether oxygens (including phenoxy) is 1. The van der Waals surface area contributed by atoms with E-state index >= 15 is 0 Å². The second kappa shape index (κ2) is 5.35. The lowest BCUT2D eigenvalue weighted by atomic mass is 10.0. The van der Waals surface area contributed by atoms with Gasteiger partial charge in [0.05, 0.1) is 11.4 Å². The molecule has 4 rings (SSSR count). The van der Waals surface area contributed by atoms with Crippen LogP contribution < -0.4 is 10.1 Å². The van der Waals surface area contributed by atoms with Crippen LogP contribution >= 0.6 is 0 Å². The number of aromatic nitrogens is 4. The molecular weight excluding hydrogens is 278 g/mol. The molecule has 0 amide bonds. The molecule has 1 aliphatic carbocycles. The second-order valence-corrected chi connectivity index (χ2v) is 6.45. The molecule has 1 saturated carbocycles. The second-order valence-electron chi connectivity index (χ2n) is 6.45. The highest BCUT2D eigenvalue weighted by Gasteiger charge is 2.38. The van der Waals surface area contributed by atoms with Gasteiger partial charge >= 0.3 is 0 Å². The summed E-state index contributed by atoms with van der Waals surface area (Å²) in [6.45, 7) is 4.25. The van der Waals surface area contributed by atoms with E-state index in [-0.39, 0.29) is 6.10 Å². The van der Waals surface area contributed by atoms with Gasteiger partial charge in [0.2, 0.25) is 5.88 Å². The molecule has 0 aromatic carbocycles. The van der Waals surface area contributed by atoms with E-state index in [1.54, 1.807) is 4.68 Å². The normalized spacial score (nSPS) is 27.1. The fraction of sp³-hybridized carbons (Fsp3) is 0.562. The molecule has 0 spiro atoms. The zero-order valence-corrected chi connectivity index (χ0v) is 13.0. The first-order valence-electron chi connectivity index (χ1n) is 7.91. The van der Waals surface area contributed by atoms with Crippen molar-refractivity contribution in [1.82, 2.24) is 25.3 Å². The van der Waals surface area contributed by atoms with Gasteiger partial charge in [-0.3, -0.25) is 4.68 Å². The van der Waals surface area contributed by atoms with E-state index in [4.69, 9.17) is 4.74 Å². The molecular formula is C16H21N5O. The Kier molecular flexibility index (Phi) is 3.33. The molecule has 1 unspecified atom stereocenters. The summed E-state index contributed by atoms with van der Waals surface area (Å²) in [5.41, 5.74) is 2.81. The molecule has 2 aromatic rings. The van der Waals surface area contributed by atoms with Crippen LogP contribution in [-0.2, 0) is 7.05 Å². The van der Waals surface area contributed by atoms with Gasteiger partial charge in [-0.2, -0.15) is 5.10 Å². The van der Waals surface area contributed by atoms with Gasteiger partial charge in [-0.15, -0.1) is 10.2 Å². The average molecular weight is 299 g/mol. The van der Waals surface area contributed by atoms with E-state index in [2.05, 4.69) is 20.6 Å². The number of hydrogen-bond donors (Lipinski definition) is 1. The van der Waals surface area contributed by atoms with Crippen molar-refractivity contribution < 1.29 is 4.74 Å². The van der Waals surface area contributed by atoms with Crippen molar-refractivity contribution in [1.29, 1.82) is 0 Å². The molecule has 116 valence electrons. The van der Waals surface area contributed by atoms with Crippen LogP contribution in [0.15, 0.2) is 18.3 Å². The third-order valence-corrected chi connectivity index (χ3v) is 4.83. The van der Waals surface area contributed by atoms with Gasteiger partial charge in [0.25, 0.3) is 0 Å². The van der Waals surface area contributed by atoms with Crippen molar-refractivity contribution in [3.8, 4) is 17.1 Å². The van der Waals surface area contributed by atoms with E-state index < -0.39 is 0 Å². The predicted octanol–water partition coefficient (Wildman–Crippen LogP) is 1.56. The molecule has 0 bridgehead atoms. The van der Waals surface area contributed by atoms with E-state index in [1.165, 1.54) is 0 Å². The van der Waals surface area contributed by atoms with Crippen LogP contribution in [0.25, 0.3) is 11.3 Å². The van der Waals surface area contributed by atoms with Crippen molar-refractivity contribution in [3.05, 3.63) is 24.0 Å². The quantitative estimate of drug-likeness (QED) is 0.932. The third-order valence-electron chi connectivity index (χ3n) is 4.83. The summed E-state index contributed by atoms with van der Waals surface area (Å²) < 4.78 is 7.81. The summed E-state index contributed by atoms with van der Waals surface area (Å²) in [5, 5.41) is 16.3. The Bertz CT molecular complexity index is 654. The van der Waals surface area contributed by atoms with Crippen LogP contribution in [0.2, 0.25) is 0 Å². The molecule has 1 N–H and O–H groups in total. The first kappa shape index (κ1) is 13.7. The molecule has 3 atom stereocenters. The standard InChI is InChI=1S/C16H21N5O/c1-10-14(9-21(2)20-10)15-3-4-16(19-18-15)22-13-5-11-7-17-8-12(11)6-13/h3-4,9,11-13,17H,5-8H2,1-2H3/t11-,12+,13?. The fourth-order valence-electron chi connectivity index (χ4n) is 3.76. The van der Waals surface area contributed by atoms with Crippen molar-refractivity contribution >= 4 is 0 Å². The average Bonchev–Trinajstić information content (AvgIpc) is 3.15. The Morgan fingerprint density at radius 1 is 1.18 bits per heavy atom. The maximum atomic E-state index is 6.02. The van der Waals surface area contributed by atoms with Gasteiger partial charge in [0, 0.05) is 24.9 Å². The number of nitrogens with one attached hydrogen (secondary N) is 1. The van der Waals surface area contributed by atoms with Gasteiger partial charge in [0.1, 0.15) is 6.10 Å². The largest absolute Gasteiger partial charge is 0.473 e. The van der Waals surface area contributed by atoms with E-state index in [0.29, 0.717) is 5.88 Å². The highest BCUT2D eigenvalue weighted by Crippen LogP contribution is 2.36. The van der Waals surface area contributed by atoms with Gasteiger partial charge in [-0.25, -0.2) is 0 Å². The van der Waals surface area contributed by atoms with Crippen LogP contribution in [0.1, 0.15) is 18.5 Å². The first-order chi connectivity index (χ1) is 10.7. The van der Waals surface area contributed by atoms with Crippen LogP contribution in [0.5, 0.6) is 5.88 Å². The Balaban J connectivity index is 1.45. The summed E-state index contributed by atoms with van der Waals surface area (Å²) >= 11 is 0. The summed E-state index contributed by atoms with van der Waals surface area (Å²) in [5.74, 6) is 2.17. The predicted molar refractivity (Wildman–Crippen MR) is 82.5 cm³/mol. The van der Waals surface area contributed by atoms with Gasteiger partial charge in [-0.1, -0.05) is 0 Å². The first-order valence-corrected chi connectivity index (χ1v) is 7.91. The molecule has 0 radical (unpaired) electrons. The number of hydrogen-bond acceptors (Lipinski definition) is 5. The lowest BCUT2D eigenvalue weighted by molar-refractivity contribution is 0.189. The molecule has 6 nitrogen and oxygen atoms in total. The monoisotopic (exact) mass is 299 g/mol. The Morgan fingerprint density at radius 2 is 1.95 bits per heavy atom. The number of rotatable bonds is 3. The molecule has 22 heavy (non-hydrogen) atoms. The maximum absolute atomic E-state index is 6.02. The summed E-state index contributed by atoms with van der Waals surface area (Å²) in [6.07, 6.45) is 4.51. The van der Waals surface area contributed by atoms with Crippen molar-refractivity contribution in [3.63, 3.8) is 0 Å². The van der Waals surface area contributed by atoms with E-state index in [1.807, 2.05) is 32.3 Å². The lowest BCUT2D eigenvalue weighted by Crippen LogP contribution is -2.19. The fourth-order valence-corrected chi connectivity index (χ4v) is 3.76. The highest BCUT2D eigenvalue weighted by molar-refractivity contribution is 5.60. The highest BCUT2D eigenvalue weighted by atomic mass is 16.5. The molecule has 6 heteroatoms. The topological polar surface area (TPSA) is 64.9 Å². The maximum Gasteiger partial charge on any atom is 0.233 e. The smallest absolute Gasteiger partial charge is 0.233 e. The Labute approximate surface area is 129 Å². The molecule has 2 aromatic heterocycles. The molecule has 1 saturated heterocycles. The van der Waals surface area contributed by atoms with Gasteiger partial charge in [0.15, 0.2) is 0 Å². The van der Waals surface area contributed by atoms with Gasteiger partial charge in [-0.05, 0) is 50.8 Å². The number of fused-ring (bicyclic) bond motifs is 1. The zero-order chi connectivity index (χ0) is 15.1. The van der Waals surface area contributed by atoms with Crippen LogP contribution in [0.3, 0.4) is 0 Å². The molecule has 2 aliphatic rings. The van der Waals surface area contributed by atoms with Crippen molar-refractivity contribution in [2.24, 2.45) is 18.9 Å². The Hall–Kier alpha value is -1.95. The molecule has 2 fully saturated rings. The third kappa shape index (κ3) is 2.47. The van der Waals surface area contributed by atoms with Crippen LogP contribution in [0, 0.1) is 18.8 Å². The summed E-state index contributed by atoms with van der Waals surface area (Å²) in [4.78, 5) is 0. The summed E-state index contributed by atoms with van der Waals surface area (Å²) in [7, 11) is 1.91. The van der Waals surface area contributed by atoms with Crippen molar-refractivity contribution in [2.45, 2.75) is 25.9 Å². The molecule has 3 heterocycles. The van der Waals surface area contributed by atoms with Crippen LogP contribution in [0.4, 0.5) is 0 Å². The zero-order valence-electron chi connectivity index (χ0n) is 13.0. The van der Waals surface area contributed by atoms with Gasteiger partial charge < -0.3 is 10.1 Å².